The summed E-state index contributed by atoms with van der Waals surface area (Å²) in [5.74, 6) is -1.04. The molecule has 0 unspecified atom stereocenters. The van der Waals surface area contributed by atoms with Crippen LogP contribution < -0.4 is 9.62 Å². The average Bonchev–Trinajstić information content (AvgIpc) is 2.97. The molecule has 0 saturated carbocycles. The predicted molar refractivity (Wildman–Crippen MR) is 117 cm³/mol. The third kappa shape index (κ3) is 4.20. The molecule has 3 rings (SSSR count). The molecule has 166 valence electrons. The van der Waals surface area contributed by atoms with Crippen molar-refractivity contribution >= 4 is 33.4 Å². The fourth-order valence-electron chi connectivity index (χ4n) is 3.57. The monoisotopic (exact) mass is 454 g/mol. The number of carbonyl (C=O) groups excluding carboxylic acids is 3. The Hall–Kier alpha value is -3.71. The van der Waals surface area contributed by atoms with Crippen LogP contribution in [0.1, 0.15) is 35.3 Å². The molecule has 0 aliphatic carbocycles. The van der Waals surface area contributed by atoms with Crippen molar-refractivity contribution in [3.63, 3.8) is 0 Å². The lowest BCUT2D eigenvalue weighted by molar-refractivity contribution is -0.130. The van der Waals surface area contributed by atoms with Gasteiger partial charge in [0.05, 0.1) is 30.1 Å². The summed E-state index contributed by atoms with van der Waals surface area (Å²) in [6.45, 7) is 3.02. The van der Waals surface area contributed by atoms with Gasteiger partial charge in [0.15, 0.2) is 5.78 Å². The van der Waals surface area contributed by atoms with Crippen LogP contribution in [-0.4, -0.2) is 50.4 Å². The number of benzene rings is 2. The van der Waals surface area contributed by atoms with Gasteiger partial charge in [-0.15, -0.1) is 0 Å². The zero-order valence-corrected chi connectivity index (χ0v) is 18.6. The second kappa shape index (κ2) is 8.43. The largest absolute Gasteiger partial charge is 0.325 e. The summed E-state index contributed by atoms with van der Waals surface area (Å²) in [5, 5.41) is 11.6. The number of nitrogens with zero attached hydrogens (tertiary/aromatic N) is 3. The standard InChI is InChI=1S/C22H22N4O5S/c1-4-26(32(3,30)31)18-11-7-16(8-12-18)19(27)14-25-20(28)22(2,24-21(25)29)17-9-5-15(13-23)6-10-17/h5-12H,4,14H2,1-3H3,(H,24,29)/t22-/m1/s1. The van der Waals surface area contributed by atoms with Gasteiger partial charge in [-0.3, -0.25) is 18.8 Å². The molecule has 2 aromatic carbocycles. The Morgan fingerprint density at radius 2 is 1.72 bits per heavy atom. The number of nitrogens with one attached hydrogen (secondary N) is 1. The number of ketones is 1. The Labute approximate surface area is 186 Å². The minimum Gasteiger partial charge on any atom is -0.319 e. The minimum absolute atomic E-state index is 0.239. The van der Waals surface area contributed by atoms with Crippen molar-refractivity contribution in [1.29, 1.82) is 5.26 Å². The van der Waals surface area contributed by atoms with Gasteiger partial charge in [0, 0.05) is 12.1 Å². The molecule has 32 heavy (non-hydrogen) atoms. The van der Waals surface area contributed by atoms with Crippen LogP contribution >= 0.6 is 0 Å². The Bertz CT molecular complexity index is 1220. The number of urea groups is 1. The number of rotatable bonds is 7. The zero-order valence-electron chi connectivity index (χ0n) is 17.8. The van der Waals surface area contributed by atoms with Gasteiger partial charge in [-0.25, -0.2) is 13.2 Å². The topological polar surface area (TPSA) is 128 Å². The van der Waals surface area contributed by atoms with Gasteiger partial charge in [-0.05, 0) is 55.8 Å². The zero-order chi connectivity index (χ0) is 23.7. The van der Waals surface area contributed by atoms with Gasteiger partial charge in [-0.2, -0.15) is 5.26 Å². The average molecular weight is 455 g/mol. The van der Waals surface area contributed by atoms with Crippen LogP contribution in [-0.2, 0) is 20.4 Å². The quantitative estimate of drug-likeness (QED) is 0.503. The van der Waals surface area contributed by atoms with Gasteiger partial charge in [0.2, 0.25) is 10.0 Å². The van der Waals surface area contributed by atoms with E-state index in [1.807, 2.05) is 6.07 Å². The van der Waals surface area contributed by atoms with Crippen LogP contribution in [0.25, 0.3) is 0 Å². The van der Waals surface area contributed by atoms with Gasteiger partial charge in [0.1, 0.15) is 5.54 Å². The maximum absolute atomic E-state index is 13.0. The highest BCUT2D eigenvalue weighted by Crippen LogP contribution is 2.29. The van der Waals surface area contributed by atoms with E-state index < -0.39 is 39.8 Å². The fourth-order valence-corrected chi connectivity index (χ4v) is 4.55. The number of hydrogen-bond donors (Lipinski definition) is 1. The first-order chi connectivity index (χ1) is 15.0. The molecule has 1 atom stereocenters. The highest BCUT2D eigenvalue weighted by atomic mass is 32.2. The molecule has 1 saturated heterocycles. The van der Waals surface area contributed by atoms with Crippen LogP contribution in [0.2, 0.25) is 0 Å². The summed E-state index contributed by atoms with van der Waals surface area (Å²) in [6, 6.07) is 13.5. The lowest BCUT2D eigenvalue weighted by atomic mass is 9.91. The van der Waals surface area contributed by atoms with Gasteiger partial charge < -0.3 is 5.32 Å². The van der Waals surface area contributed by atoms with Crippen LogP contribution in [0.15, 0.2) is 48.5 Å². The maximum Gasteiger partial charge on any atom is 0.325 e. The van der Waals surface area contributed by atoms with Crippen LogP contribution in [0.3, 0.4) is 0 Å². The summed E-state index contributed by atoms with van der Waals surface area (Å²) in [7, 11) is -3.45. The Morgan fingerprint density at radius 3 is 2.22 bits per heavy atom. The molecule has 1 aliphatic heterocycles. The number of Topliss-reactive ketones (excluding diaryl/α,β-unsaturated/α-hetero) is 1. The number of sulfonamides is 1. The molecular formula is C22H22N4O5S. The molecule has 10 heteroatoms. The van der Waals surface area contributed by atoms with E-state index in [4.69, 9.17) is 5.26 Å². The molecule has 0 spiro atoms. The molecule has 3 amide bonds. The van der Waals surface area contributed by atoms with E-state index in [1.165, 1.54) is 28.6 Å². The van der Waals surface area contributed by atoms with E-state index in [0.29, 0.717) is 16.8 Å². The van der Waals surface area contributed by atoms with E-state index >= 15 is 0 Å². The second-order valence-electron chi connectivity index (χ2n) is 7.53. The summed E-state index contributed by atoms with van der Waals surface area (Å²) in [4.78, 5) is 39.1. The minimum atomic E-state index is -3.45. The molecule has 1 heterocycles. The number of hydrogen-bond acceptors (Lipinski definition) is 6. The van der Waals surface area contributed by atoms with Crippen LogP contribution in [0, 0.1) is 11.3 Å². The van der Waals surface area contributed by atoms with E-state index in [0.717, 1.165) is 11.2 Å². The predicted octanol–water partition coefficient (Wildman–Crippen LogP) is 1.99. The van der Waals surface area contributed by atoms with Crippen LogP contribution in [0.4, 0.5) is 10.5 Å². The highest BCUT2D eigenvalue weighted by molar-refractivity contribution is 7.92. The number of carbonyl (C=O) groups is 3. The SMILES string of the molecule is CCN(c1ccc(C(=O)CN2C(=O)N[C@](C)(c3ccc(C#N)cc3)C2=O)cc1)S(C)(=O)=O. The van der Waals surface area contributed by atoms with Gasteiger partial charge in [0.25, 0.3) is 5.91 Å². The summed E-state index contributed by atoms with van der Waals surface area (Å²) in [6.07, 6.45) is 1.10. The summed E-state index contributed by atoms with van der Waals surface area (Å²) >= 11 is 0. The fraction of sp³-hybridized carbons (Fsp3) is 0.273. The maximum atomic E-state index is 13.0. The molecule has 0 aromatic heterocycles. The van der Waals surface area contributed by atoms with Crippen molar-refractivity contribution in [3.8, 4) is 6.07 Å². The smallest absolute Gasteiger partial charge is 0.319 e. The Kier molecular flexibility index (Phi) is 6.05. The molecule has 0 radical (unpaired) electrons. The molecule has 1 N–H and O–H groups in total. The van der Waals surface area contributed by atoms with E-state index in [1.54, 1.807) is 38.1 Å². The van der Waals surface area contributed by atoms with Crippen molar-refractivity contribution in [2.45, 2.75) is 19.4 Å². The number of nitriles is 1. The third-order valence-electron chi connectivity index (χ3n) is 5.33. The molecule has 2 aromatic rings. The second-order valence-corrected chi connectivity index (χ2v) is 9.44. The molecule has 9 nitrogen and oxygen atoms in total. The first kappa shape index (κ1) is 23.0. The molecule has 1 fully saturated rings. The molecule has 1 aliphatic rings. The Morgan fingerprint density at radius 1 is 1.12 bits per heavy atom. The first-order valence-electron chi connectivity index (χ1n) is 9.77. The van der Waals surface area contributed by atoms with E-state index in [-0.39, 0.29) is 12.1 Å². The van der Waals surface area contributed by atoms with E-state index in [2.05, 4.69) is 5.32 Å². The third-order valence-corrected chi connectivity index (χ3v) is 6.60. The van der Waals surface area contributed by atoms with Crippen LogP contribution in [0.5, 0.6) is 0 Å². The lowest BCUT2D eigenvalue weighted by Gasteiger charge is -2.22. The highest BCUT2D eigenvalue weighted by Gasteiger charge is 2.49. The van der Waals surface area contributed by atoms with Gasteiger partial charge >= 0.3 is 6.03 Å². The van der Waals surface area contributed by atoms with Crippen molar-refractivity contribution in [3.05, 3.63) is 65.2 Å². The van der Waals surface area contributed by atoms with Gasteiger partial charge in [-0.1, -0.05) is 12.1 Å². The van der Waals surface area contributed by atoms with E-state index in [9.17, 15) is 22.8 Å². The normalized spacial score (nSPS) is 18.2. The summed E-state index contributed by atoms with van der Waals surface area (Å²) in [5.41, 5.74) is 0.212. The van der Waals surface area contributed by atoms with Crippen molar-refractivity contribution in [2.75, 3.05) is 23.7 Å². The first-order valence-corrected chi connectivity index (χ1v) is 11.6. The summed E-state index contributed by atoms with van der Waals surface area (Å²) < 4.78 is 24.9. The number of amides is 3. The Balaban J connectivity index is 1.78. The molecular weight excluding hydrogens is 432 g/mol. The number of imide groups is 1. The van der Waals surface area contributed by atoms with Crippen molar-refractivity contribution in [2.24, 2.45) is 0 Å². The lowest BCUT2D eigenvalue weighted by Crippen LogP contribution is -2.41. The number of anilines is 1. The van der Waals surface area contributed by atoms with Crippen molar-refractivity contribution in [1.82, 2.24) is 10.2 Å². The van der Waals surface area contributed by atoms with Crippen molar-refractivity contribution < 1.29 is 22.8 Å². The molecule has 0 bridgehead atoms.